The molecule has 0 heterocycles. The van der Waals surface area contributed by atoms with Crippen LogP contribution in [0.25, 0.3) is 0 Å². The summed E-state index contributed by atoms with van der Waals surface area (Å²) in [7, 11) is 0. The zero-order chi connectivity index (χ0) is 25.8. The van der Waals surface area contributed by atoms with Crippen LogP contribution >= 0.6 is 0 Å². The number of rotatable bonds is 2. The van der Waals surface area contributed by atoms with E-state index >= 15 is 0 Å². The first kappa shape index (κ1) is 25.7. The molecule has 0 saturated heterocycles. The van der Waals surface area contributed by atoms with Crippen molar-refractivity contribution in [3.8, 4) is 0 Å². The summed E-state index contributed by atoms with van der Waals surface area (Å²) in [5.41, 5.74) is -0.397. The Morgan fingerprint density at radius 3 is 2.26 bits per heavy atom. The highest BCUT2D eigenvalue weighted by Gasteiger charge is 2.71. The molecular weight excluding hydrogens is 440 g/mol. The predicted octanol–water partition coefficient (Wildman–Crippen LogP) is 5.18. The van der Waals surface area contributed by atoms with E-state index in [4.69, 9.17) is 0 Å². The molecule has 0 aromatic heterocycles. The largest absolute Gasteiger partial charge is 0.481 e. The highest BCUT2D eigenvalue weighted by Crippen LogP contribution is 2.75. The number of carbonyl (C=O) groups is 1. The zero-order valence-corrected chi connectivity index (χ0v) is 22.7. The molecule has 2 unspecified atom stereocenters. The van der Waals surface area contributed by atoms with E-state index in [-0.39, 0.29) is 40.1 Å². The Balaban J connectivity index is 1.63. The lowest BCUT2D eigenvalue weighted by atomic mass is 9.33. The lowest BCUT2D eigenvalue weighted by Crippen LogP contribution is -2.69. The highest BCUT2D eigenvalue weighted by molar-refractivity contribution is 5.76. The number of carboxylic acid groups (broad SMARTS) is 1. The van der Waals surface area contributed by atoms with E-state index in [1.54, 1.807) is 0 Å². The van der Waals surface area contributed by atoms with Crippen molar-refractivity contribution >= 4 is 5.97 Å². The van der Waals surface area contributed by atoms with Gasteiger partial charge in [-0.15, -0.1) is 0 Å². The fourth-order valence-electron chi connectivity index (χ4n) is 10.8. The minimum atomic E-state index is -0.711. The smallest absolute Gasteiger partial charge is 0.310 e. The van der Waals surface area contributed by atoms with Crippen LogP contribution in [0.4, 0.5) is 0 Å². The van der Waals surface area contributed by atoms with Gasteiger partial charge in [0.05, 0.1) is 24.2 Å². The van der Waals surface area contributed by atoms with Gasteiger partial charge < -0.3 is 20.4 Å². The van der Waals surface area contributed by atoms with Gasteiger partial charge in [0, 0.05) is 11.3 Å². The van der Waals surface area contributed by atoms with Crippen LogP contribution < -0.4 is 0 Å². The van der Waals surface area contributed by atoms with E-state index < -0.39 is 29.0 Å². The predicted molar refractivity (Wildman–Crippen MR) is 135 cm³/mol. The van der Waals surface area contributed by atoms with E-state index in [2.05, 4.69) is 40.7 Å². The van der Waals surface area contributed by atoms with Gasteiger partial charge in [-0.05, 0) is 91.3 Å². The van der Waals surface area contributed by atoms with Crippen LogP contribution in [0.1, 0.15) is 99.3 Å². The maximum Gasteiger partial charge on any atom is 0.310 e. The third-order valence-electron chi connectivity index (χ3n) is 13.1. The van der Waals surface area contributed by atoms with Crippen molar-refractivity contribution in [2.75, 3.05) is 6.61 Å². The van der Waals surface area contributed by atoms with Gasteiger partial charge in [-0.25, -0.2) is 0 Å². The third kappa shape index (κ3) is 3.07. The maximum absolute atomic E-state index is 12.8. The van der Waals surface area contributed by atoms with Gasteiger partial charge in [-0.2, -0.15) is 0 Å². The monoisotopic (exact) mass is 488 g/mol. The van der Waals surface area contributed by atoms with Crippen molar-refractivity contribution in [1.82, 2.24) is 0 Å². The number of allylic oxidation sites excluding steroid dienone is 2. The molecule has 4 fully saturated rings. The summed E-state index contributed by atoms with van der Waals surface area (Å²) in [5, 5.41) is 43.6. The fraction of sp³-hybridized carbons (Fsp3) is 0.900. The molecule has 0 aromatic carbocycles. The Morgan fingerprint density at radius 1 is 0.971 bits per heavy atom. The van der Waals surface area contributed by atoms with Gasteiger partial charge in [0.15, 0.2) is 0 Å². The summed E-state index contributed by atoms with van der Waals surface area (Å²) >= 11 is 0. The molecule has 5 rings (SSSR count). The Labute approximate surface area is 211 Å². The van der Waals surface area contributed by atoms with Gasteiger partial charge >= 0.3 is 5.97 Å². The normalized spacial score (nSPS) is 55.0. The van der Waals surface area contributed by atoms with Gasteiger partial charge in [-0.3, -0.25) is 4.79 Å². The number of hydrogen-bond acceptors (Lipinski definition) is 4. The first-order valence-electron chi connectivity index (χ1n) is 14.0. The molecular formula is C30H48O5. The number of aliphatic hydroxyl groups is 3. The second kappa shape index (κ2) is 7.57. The fourth-order valence-corrected chi connectivity index (χ4v) is 10.8. The van der Waals surface area contributed by atoms with Crippen LogP contribution in [-0.4, -0.2) is 45.2 Å². The molecule has 0 spiro atoms. The molecule has 4 N–H and O–H groups in total. The first-order valence-corrected chi connectivity index (χ1v) is 14.0. The van der Waals surface area contributed by atoms with Gasteiger partial charge in [0.25, 0.3) is 0 Å². The Hall–Kier alpha value is -0.910. The number of aliphatic carboxylic acids is 1. The van der Waals surface area contributed by atoms with E-state index in [0.29, 0.717) is 25.2 Å². The second-order valence-corrected chi connectivity index (χ2v) is 15.1. The van der Waals surface area contributed by atoms with Gasteiger partial charge in [0.2, 0.25) is 0 Å². The third-order valence-corrected chi connectivity index (χ3v) is 13.1. The SMILES string of the molecule is CC1(C)CC[C@]2(C(=O)O)CC[C@]3(C)C(=CC[C@H]4[C@@]5(C)CCC(O)[C@@](C)(CO)[C@H]5C(O)C[C@]43C)[C@H]2C1. The second-order valence-electron chi connectivity index (χ2n) is 15.1. The van der Waals surface area contributed by atoms with Crippen LogP contribution in [0.3, 0.4) is 0 Å². The van der Waals surface area contributed by atoms with Crippen molar-refractivity contribution in [1.29, 1.82) is 0 Å². The molecule has 5 aliphatic rings. The van der Waals surface area contributed by atoms with E-state index in [1.165, 1.54) is 5.57 Å². The molecule has 10 atom stereocenters. The van der Waals surface area contributed by atoms with Gasteiger partial charge in [0.1, 0.15) is 0 Å². The van der Waals surface area contributed by atoms with Crippen LogP contribution in [0, 0.1) is 50.2 Å². The van der Waals surface area contributed by atoms with Gasteiger partial charge in [-0.1, -0.05) is 53.2 Å². The molecule has 5 nitrogen and oxygen atoms in total. The molecule has 35 heavy (non-hydrogen) atoms. The minimum Gasteiger partial charge on any atom is -0.481 e. The minimum absolute atomic E-state index is 0.0545. The van der Waals surface area contributed by atoms with Crippen LogP contribution in [0.15, 0.2) is 11.6 Å². The number of fused-ring (bicyclic) bond motifs is 7. The molecule has 198 valence electrons. The Kier molecular flexibility index (Phi) is 5.56. The summed E-state index contributed by atoms with van der Waals surface area (Å²) in [6.07, 6.45) is 8.44. The average molecular weight is 489 g/mol. The molecule has 0 amide bonds. The summed E-state index contributed by atoms with van der Waals surface area (Å²) in [6.45, 7) is 13.5. The molecule has 0 aliphatic heterocycles. The standard InChI is InChI=1S/C30H48O5/c1-25(2)11-13-30(24(34)35)14-12-28(5)18(19(30)15-25)7-8-21-26(3)10-9-22(33)27(4,17-31)23(26)20(32)16-29(21,28)6/h7,19-23,31-33H,8-17H2,1-6H3,(H,34,35)/t19-,20?,21+,22?,23+,26-,27-,28-,29-,30+/m1/s1. The quantitative estimate of drug-likeness (QED) is 0.402. The molecule has 5 heteroatoms. The average Bonchev–Trinajstić information content (AvgIpc) is 2.76. The zero-order valence-electron chi connectivity index (χ0n) is 22.7. The van der Waals surface area contributed by atoms with Crippen molar-refractivity contribution < 1.29 is 25.2 Å². The summed E-state index contributed by atoms with van der Waals surface area (Å²) < 4.78 is 0. The van der Waals surface area contributed by atoms with Crippen molar-refractivity contribution in [2.24, 2.45) is 50.2 Å². The van der Waals surface area contributed by atoms with Crippen LogP contribution in [0.2, 0.25) is 0 Å². The summed E-state index contributed by atoms with van der Waals surface area (Å²) in [5.74, 6) is -0.400. The first-order chi connectivity index (χ1) is 16.1. The highest BCUT2D eigenvalue weighted by atomic mass is 16.4. The maximum atomic E-state index is 12.8. The van der Waals surface area contributed by atoms with E-state index in [1.807, 2.05) is 6.92 Å². The van der Waals surface area contributed by atoms with Crippen molar-refractivity contribution in [2.45, 2.75) is 112 Å². The molecule has 0 aromatic rings. The van der Waals surface area contributed by atoms with Crippen molar-refractivity contribution in [3.63, 3.8) is 0 Å². The van der Waals surface area contributed by atoms with Crippen molar-refractivity contribution in [3.05, 3.63) is 11.6 Å². The molecule has 0 radical (unpaired) electrons. The van der Waals surface area contributed by atoms with Crippen LogP contribution in [0.5, 0.6) is 0 Å². The topological polar surface area (TPSA) is 98.0 Å². The van der Waals surface area contributed by atoms with E-state index in [9.17, 15) is 25.2 Å². The Morgan fingerprint density at radius 2 is 1.63 bits per heavy atom. The molecule has 5 aliphatic carbocycles. The molecule has 0 bridgehead atoms. The summed E-state index contributed by atoms with van der Waals surface area (Å²) in [6, 6.07) is 0. The number of carboxylic acids is 1. The lowest BCUT2D eigenvalue weighted by Gasteiger charge is -2.72. The Bertz CT molecular complexity index is 941. The number of aliphatic hydroxyl groups excluding tert-OH is 3. The van der Waals surface area contributed by atoms with Crippen LogP contribution in [-0.2, 0) is 4.79 Å². The number of hydrogen-bond donors (Lipinski definition) is 4. The summed E-state index contributed by atoms with van der Waals surface area (Å²) in [4.78, 5) is 12.8. The lowest BCUT2D eigenvalue weighted by molar-refractivity contribution is -0.252. The van der Waals surface area contributed by atoms with E-state index in [0.717, 1.165) is 38.5 Å². The molecule has 4 saturated carbocycles.